The quantitative estimate of drug-likeness (QED) is 0.332. The number of amides is 2. The molecule has 5 aromatic rings. The van der Waals surface area contributed by atoms with Gasteiger partial charge in [-0.05, 0) is 62.4 Å². The van der Waals surface area contributed by atoms with E-state index in [0.29, 0.717) is 28.1 Å². The first-order valence-corrected chi connectivity index (χ1v) is 11.3. The molecule has 0 saturated heterocycles. The summed E-state index contributed by atoms with van der Waals surface area (Å²) in [5.74, 6) is -0.350. The largest absolute Gasteiger partial charge is 0.322 e. The molecule has 6 heteroatoms. The van der Waals surface area contributed by atoms with Gasteiger partial charge in [-0.3, -0.25) is 14.0 Å². The van der Waals surface area contributed by atoms with Crippen LogP contribution in [0.5, 0.6) is 0 Å². The van der Waals surface area contributed by atoms with E-state index in [4.69, 9.17) is 0 Å². The average Bonchev–Trinajstić information content (AvgIpc) is 3.29. The molecule has 172 valence electrons. The van der Waals surface area contributed by atoms with Crippen molar-refractivity contribution in [3.05, 3.63) is 120 Å². The zero-order valence-electron chi connectivity index (χ0n) is 19.4. The van der Waals surface area contributed by atoms with Gasteiger partial charge in [-0.1, -0.05) is 47.5 Å². The van der Waals surface area contributed by atoms with Crippen molar-refractivity contribution in [1.29, 1.82) is 0 Å². The highest BCUT2D eigenvalue weighted by Gasteiger charge is 2.13. The number of carbonyl (C=O) groups is 2. The number of nitrogens with one attached hydrogen (secondary N) is 2. The summed E-state index contributed by atoms with van der Waals surface area (Å²) in [4.78, 5) is 30.0. The van der Waals surface area contributed by atoms with Gasteiger partial charge in [0.1, 0.15) is 0 Å². The molecule has 0 aliphatic carbocycles. The first kappa shape index (κ1) is 22.1. The smallest absolute Gasteiger partial charge is 0.255 e. The predicted molar refractivity (Wildman–Crippen MR) is 139 cm³/mol. The summed E-state index contributed by atoms with van der Waals surface area (Å²) in [6, 6.07) is 26.2. The van der Waals surface area contributed by atoms with E-state index in [1.807, 2.05) is 97.2 Å². The standard InChI is InChI=1S/C29H24N4O2/c1-19-14-20(2)16-23(15-19)29(35)31-24-11-6-10-22(17-24)26-18-30-27-25(12-7-13-33(26)27)32-28(34)21-8-4-3-5-9-21/h3-18H,1-2H3,(H,31,35)(H,32,34). The zero-order chi connectivity index (χ0) is 24.4. The number of carbonyl (C=O) groups excluding carboxylic acids is 2. The molecule has 35 heavy (non-hydrogen) atoms. The van der Waals surface area contributed by atoms with Gasteiger partial charge >= 0.3 is 0 Å². The van der Waals surface area contributed by atoms with E-state index in [1.54, 1.807) is 18.3 Å². The van der Waals surface area contributed by atoms with E-state index in [0.717, 1.165) is 22.4 Å². The van der Waals surface area contributed by atoms with Crippen molar-refractivity contribution < 1.29 is 9.59 Å². The lowest BCUT2D eigenvalue weighted by molar-refractivity contribution is 0.101. The third-order valence-electron chi connectivity index (χ3n) is 5.72. The van der Waals surface area contributed by atoms with Gasteiger partial charge < -0.3 is 10.6 Å². The van der Waals surface area contributed by atoms with Crippen molar-refractivity contribution in [2.75, 3.05) is 10.6 Å². The van der Waals surface area contributed by atoms with Crippen molar-refractivity contribution in [2.24, 2.45) is 0 Å². The van der Waals surface area contributed by atoms with E-state index in [1.165, 1.54) is 0 Å². The molecule has 0 aliphatic heterocycles. The van der Waals surface area contributed by atoms with Crippen LogP contribution in [0.3, 0.4) is 0 Å². The Hall–Kier alpha value is -4.71. The third kappa shape index (κ3) is 4.68. The fraction of sp³-hybridized carbons (Fsp3) is 0.0690. The van der Waals surface area contributed by atoms with Crippen molar-refractivity contribution in [2.45, 2.75) is 13.8 Å². The second-order valence-corrected chi connectivity index (χ2v) is 8.49. The summed E-state index contributed by atoms with van der Waals surface area (Å²) in [7, 11) is 0. The van der Waals surface area contributed by atoms with Gasteiger partial charge in [0.2, 0.25) is 0 Å². The van der Waals surface area contributed by atoms with Gasteiger partial charge in [-0.2, -0.15) is 0 Å². The van der Waals surface area contributed by atoms with Gasteiger partial charge in [-0.25, -0.2) is 4.98 Å². The van der Waals surface area contributed by atoms with Crippen LogP contribution in [0.2, 0.25) is 0 Å². The van der Waals surface area contributed by atoms with Crippen LogP contribution in [-0.2, 0) is 0 Å². The highest BCUT2D eigenvalue weighted by atomic mass is 16.2. The van der Waals surface area contributed by atoms with Crippen LogP contribution in [0.4, 0.5) is 11.4 Å². The summed E-state index contributed by atoms with van der Waals surface area (Å²) in [6.07, 6.45) is 3.66. The maximum absolute atomic E-state index is 12.8. The number of aromatic nitrogens is 2. The lowest BCUT2D eigenvalue weighted by Gasteiger charge is -2.10. The molecule has 2 amide bonds. The van der Waals surface area contributed by atoms with Crippen LogP contribution in [0.1, 0.15) is 31.8 Å². The number of imidazole rings is 1. The number of rotatable bonds is 5. The molecule has 5 rings (SSSR count). The lowest BCUT2D eigenvalue weighted by Crippen LogP contribution is -2.12. The monoisotopic (exact) mass is 460 g/mol. The maximum Gasteiger partial charge on any atom is 0.255 e. The number of fused-ring (bicyclic) bond motifs is 1. The summed E-state index contributed by atoms with van der Waals surface area (Å²) < 4.78 is 1.92. The molecule has 6 nitrogen and oxygen atoms in total. The minimum atomic E-state index is -0.195. The average molecular weight is 461 g/mol. The van der Waals surface area contributed by atoms with Crippen LogP contribution in [0, 0.1) is 13.8 Å². The normalized spacial score (nSPS) is 10.8. The summed E-state index contributed by atoms with van der Waals surface area (Å²) in [5, 5.41) is 5.94. The molecular weight excluding hydrogens is 436 g/mol. The third-order valence-corrected chi connectivity index (χ3v) is 5.72. The molecule has 2 aromatic heterocycles. The second kappa shape index (κ2) is 9.27. The van der Waals surface area contributed by atoms with E-state index >= 15 is 0 Å². The molecule has 0 aliphatic rings. The fourth-order valence-corrected chi connectivity index (χ4v) is 4.17. The molecule has 3 aromatic carbocycles. The molecule has 0 radical (unpaired) electrons. The Morgan fingerprint density at radius 2 is 1.49 bits per heavy atom. The number of pyridine rings is 1. The van der Waals surface area contributed by atoms with Crippen molar-refractivity contribution in [3.63, 3.8) is 0 Å². The summed E-state index contributed by atoms with van der Waals surface area (Å²) >= 11 is 0. The zero-order valence-corrected chi connectivity index (χ0v) is 19.4. The summed E-state index contributed by atoms with van der Waals surface area (Å²) in [5.41, 5.74) is 6.98. The molecule has 2 heterocycles. The SMILES string of the molecule is Cc1cc(C)cc(C(=O)Nc2cccc(-c3cnc4c(NC(=O)c5ccccc5)cccn34)c2)c1. The lowest BCUT2D eigenvalue weighted by atomic mass is 10.1. The number of nitrogens with zero attached hydrogens (tertiary/aromatic N) is 2. The number of anilines is 2. The van der Waals surface area contributed by atoms with Crippen molar-refractivity contribution >= 4 is 28.8 Å². The van der Waals surface area contributed by atoms with Crippen LogP contribution in [0.25, 0.3) is 16.9 Å². The highest BCUT2D eigenvalue weighted by molar-refractivity contribution is 6.06. The van der Waals surface area contributed by atoms with Gasteiger partial charge in [0.05, 0.1) is 17.6 Å². The van der Waals surface area contributed by atoms with Crippen LogP contribution >= 0.6 is 0 Å². The van der Waals surface area contributed by atoms with E-state index < -0.39 is 0 Å². The van der Waals surface area contributed by atoms with Crippen molar-refractivity contribution in [1.82, 2.24) is 9.38 Å². The van der Waals surface area contributed by atoms with Gasteiger partial charge in [0.15, 0.2) is 5.65 Å². The van der Waals surface area contributed by atoms with Crippen LogP contribution in [0.15, 0.2) is 97.3 Å². The van der Waals surface area contributed by atoms with Gasteiger partial charge in [0, 0.05) is 28.6 Å². The molecule has 0 saturated carbocycles. The summed E-state index contributed by atoms with van der Waals surface area (Å²) in [6.45, 7) is 3.96. The number of hydrogen-bond acceptors (Lipinski definition) is 3. The topological polar surface area (TPSA) is 75.5 Å². The Morgan fingerprint density at radius 3 is 2.26 bits per heavy atom. The number of benzene rings is 3. The highest BCUT2D eigenvalue weighted by Crippen LogP contribution is 2.27. The molecule has 0 unspecified atom stereocenters. The Kier molecular flexibility index (Phi) is 5.85. The fourth-order valence-electron chi connectivity index (χ4n) is 4.17. The second-order valence-electron chi connectivity index (χ2n) is 8.49. The Balaban J connectivity index is 1.42. The minimum Gasteiger partial charge on any atom is -0.322 e. The Morgan fingerprint density at radius 1 is 0.743 bits per heavy atom. The molecule has 0 bridgehead atoms. The van der Waals surface area contributed by atoms with Gasteiger partial charge in [-0.15, -0.1) is 0 Å². The Bertz CT molecular complexity index is 1530. The molecular formula is C29H24N4O2. The van der Waals surface area contributed by atoms with Crippen LogP contribution in [-0.4, -0.2) is 21.2 Å². The minimum absolute atomic E-state index is 0.155. The Labute approximate surface area is 203 Å². The number of aryl methyl sites for hydroxylation is 2. The van der Waals surface area contributed by atoms with E-state index in [2.05, 4.69) is 15.6 Å². The maximum atomic E-state index is 12.8. The first-order chi connectivity index (χ1) is 17.0. The molecule has 0 fully saturated rings. The van der Waals surface area contributed by atoms with E-state index in [9.17, 15) is 9.59 Å². The molecule has 0 atom stereocenters. The van der Waals surface area contributed by atoms with Gasteiger partial charge in [0.25, 0.3) is 11.8 Å². The van der Waals surface area contributed by atoms with Crippen LogP contribution < -0.4 is 10.6 Å². The predicted octanol–water partition coefficient (Wildman–Crippen LogP) is 6.12. The molecule has 2 N–H and O–H groups in total. The molecule has 0 spiro atoms. The van der Waals surface area contributed by atoms with E-state index in [-0.39, 0.29) is 11.8 Å². The number of hydrogen-bond donors (Lipinski definition) is 2. The first-order valence-electron chi connectivity index (χ1n) is 11.3. The van der Waals surface area contributed by atoms with Crippen molar-refractivity contribution in [3.8, 4) is 11.3 Å².